The van der Waals surface area contributed by atoms with E-state index in [1.807, 2.05) is 10.3 Å². The van der Waals surface area contributed by atoms with Crippen molar-refractivity contribution in [1.29, 1.82) is 0 Å². The molecule has 4 heterocycles. The molecule has 30 heavy (non-hydrogen) atoms. The molecule has 1 unspecified atom stereocenters. The Labute approximate surface area is 181 Å². The lowest BCUT2D eigenvalue weighted by Gasteiger charge is -2.33. The van der Waals surface area contributed by atoms with Crippen LogP contribution >= 0.6 is 11.3 Å². The molecule has 0 bridgehead atoms. The van der Waals surface area contributed by atoms with Gasteiger partial charge in [0.2, 0.25) is 5.91 Å². The van der Waals surface area contributed by atoms with E-state index < -0.39 is 0 Å². The zero-order chi connectivity index (χ0) is 20.8. The number of hydrogen-bond donors (Lipinski definition) is 2. The number of thiazole rings is 1. The van der Waals surface area contributed by atoms with Gasteiger partial charge in [-0.2, -0.15) is 0 Å². The third-order valence-electron chi connectivity index (χ3n) is 5.32. The molecule has 0 aliphatic carbocycles. The number of rotatable bonds is 7. The quantitative estimate of drug-likeness (QED) is 0.656. The van der Waals surface area contributed by atoms with E-state index in [2.05, 4.69) is 39.2 Å². The third kappa shape index (κ3) is 5.56. The normalized spacial score (nSPS) is 20.0. The summed E-state index contributed by atoms with van der Waals surface area (Å²) in [7, 11) is 0. The molecule has 0 radical (unpaired) electrons. The summed E-state index contributed by atoms with van der Waals surface area (Å²) in [6.45, 7) is 9.31. The maximum absolute atomic E-state index is 12.0. The largest absolute Gasteiger partial charge is 0.379 e. The molecule has 8 nitrogen and oxygen atoms in total. The maximum Gasteiger partial charge on any atom is 0.246 e. The molecule has 2 aromatic heterocycles. The minimum atomic E-state index is -0.0124. The van der Waals surface area contributed by atoms with Crippen LogP contribution in [0.25, 0.3) is 0 Å². The summed E-state index contributed by atoms with van der Waals surface area (Å²) in [4.78, 5) is 25.3. The molecule has 160 valence electrons. The number of nitrogens with one attached hydrogen (secondary N) is 2. The van der Waals surface area contributed by atoms with Crippen molar-refractivity contribution in [2.75, 3.05) is 50.0 Å². The van der Waals surface area contributed by atoms with E-state index in [-0.39, 0.29) is 11.9 Å². The fourth-order valence-electron chi connectivity index (χ4n) is 3.86. The molecule has 1 atom stereocenters. The summed E-state index contributed by atoms with van der Waals surface area (Å²) >= 11 is 1.54. The number of hydrogen-bond acceptors (Lipinski definition) is 8. The van der Waals surface area contributed by atoms with E-state index in [1.165, 1.54) is 11.6 Å². The number of piperidine rings is 1. The Morgan fingerprint density at radius 3 is 2.90 bits per heavy atom. The SMILES string of the molecule is C=CC(=O)N1CCCC(Nc2cc(CN3CCOCC3)cc(Nc3nccs3)n2)C1. The minimum absolute atomic E-state index is 0.0124. The van der Waals surface area contributed by atoms with E-state index in [0.717, 1.165) is 69.0 Å². The first kappa shape index (κ1) is 20.8. The number of aromatic nitrogens is 2. The lowest BCUT2D eigenvalue weighted by atomic mass is 10.1. The van der Waals surface area contributed by atoms with Crippen LogP contribution in [-0.2, 0) is 16.1 Å². The lowest BCUT2D eigenvalue weighted by molar-refractivity contribution is -0.127. The topological polar surface area (TPSA) is 82.6 Å². The highest BCUT2D eigenvalue weighted by molar-refractivity contribution is 7.13. The first-order valence-corrected chi connectivity index (χ1v) is 11.2. The van der Waals surface area contributed by atoms with Gasteiger partial charge in [0.1, 0.15) is 11.6 Å². The predicted octanol–water partition coefficient (Wildman–Crippen LogP) is 2.70. The number of anilines is 3. The molecule has 2 aliphatic heterocycles. The number of carbonyl (C=O) groups excluding carboxylic acids is 1. The van der Waals surface area contributed by atoms with Crippen molar-refractivity contribution in [3.8, 4) is 0 Å². The number of carbonyl (C=O) groups is 1. The van der Waals surface area contributed by atoms with Crippen molar-refractivity contribution in [2.45, 2.75) is 25.4 Å². The van der Waals surface area contributed by atoms with Gasteiger partial charge in [-0.15, -0.1) is 11.3 Å². The molecule has 0 saturated carbocycles. The van der Waals surface area contributed by atoms with Crippen LogP contribution in [0.4, 0.5) is 16.8 Å². The van der Waals surface area contributed by atoms with Crippen molar-refractivity contribution in [3.63, 3.8) is 0 Å². The Kier molecular flexibility index (Phi) is 6.93. The molecule has 9 heteroatoms. The van der Waals surface area contributed by atoms with Crippen LogP contribution in [0.15, 0.2) is 36.4 Å². The zero-order valence-electron chi connectivity index (χ0n) is 17.0. The van der Waals surface area contributed by atoms with Gasteiger partial charge in [0.05, 0.1) is 13.2 Å². The van der Waals surface area contributed by atoms with Crippen molar-refractivity contribution in [1.82, 2.24) is 19.8 Å². The number of amides is 1. The Morgan fingerprint density at radius 2 is 2.13 bits per heavy atom. The van der Waals surface area contributed by atoms with Crippen molar-refractivity contribution in [2.24, 2.45) is 0 Å². The molecule has 2 fully saturated rings. The van der Waals surface area contributed by atoms with Crippen LogP contribution in [0.2, 0.25) is 0 Å². The minimum Gasteiger partial charge on any atom is -0.379 e. The van der Waals surface area contributed by atoms with Gasteiger partial charge in [0, 0.05) is 50.3 Å². The summed E-state index contributed by atoms with van der Waals surface area (Å²) < 4.78 is 5.47. The van der Waals surface area contributed by atoms with Crippen LogP contribution in [-0.4, -0.2) is 71.1 Å². The zero-order valence-corrected chi connectivity index (χ0v) is 17.9. The molecule has 4 rings (SSSR count). The van der Waals surface area contributed by atoms with Crippen molar-refractivity contribution >= 4 is 34.0 Å². The molecule has 2 aromatic rings. The summed E-state index contributed by atoms with van der Waals surface area (Å²) in [5, 5.41) is 9.61. The molecule has 1 amide bonds. The lowest BCUT2D eigenvalue weighted by Crippen LogP contribution is -2.44. The Bertz CT molecular complexity index is 853. The Hall–Kier alpha value is -2.49. The average Bonchev–Trinajstić information content (AvgIpc) is 3.27. The maximum atomic E-state index is 12.0. The fraction of sp³-hybridized carbons (Fsp3) is 0.476. The second-order valence-electron chi connectivity index (χ2n) is 7.57. The molecule has 0 aromatic carbocycles. The van der Waals surface area contributed by atoms with Gasteiger partial charge < -0.3 is 20.3 Å². The number of nitrogens with zero attached hydrogens (tertiary/aromatic N) is 4. The molecule has 2 aliphatic rings. The van der Waals surface area contributed by atoms with Gasteiger partial charge in [0.25, 0.3) is 0 Å². The van der Waals surface area contributed by atoms with Gasteiger partial charge >= 0.3 is 0 Å². The Balaban J connectivity index is 1.50. The number of ether oxygens (including phenoxy) is 1. The highest BCUT2D eigenvalue weighted by Gasteiger charge is 2.23. The summed E-state index contributed by atoms with van der Waals surface area (Å²) in [5.41, 5.74) is 1.18. The summed E-state index contributed by atoms with van der Waals surface area (Å²) in [6.07, 6.45) is 5.14. The number of pyridine rings is 1. The number of likely N-dealkylation sites (tertiary alicyclic amines) is 1. The van der Waals surface area contributed by atoms with Crippen LogP contribution in [0, 0.1) is 0 Å². The van der Waals surface area contributed by atoms with Crippen molar-refractivity contribution in [3.05, 3.63) is 41.9 Å². The second kappa shape index (κ2) is 10.0. The van der Waals surface area contributed by atoms with E-state index in [1.54, 1.807) is 17.5 Å². The number of morpholine rings is 1. The predicted molar refractivity (Wildman–Crippen MR) is 119 cm³/mol. The van der Waals surface area contributed by atoms with Crippen LogP contribution in [0.5, 0.6) is 0 Å². The Morgan fingerprint density at radius 1 is 1.30 bits per heavy atom. The average molecular weight is 429 g/mol. The monoisotopic (exact) mass is 428 g/mol. The van der Waals surface area contributed by atoms with E-state index in [9.17, 15) is 4.79 Å². The fourth-order valence-corrected chi connectivity index (χ4v) is 4.40. The molecular weight excluding hydrogens is 400 g/mol. The smallest absolute Gasteiger partial charge is 0.246 e. The molecular formula is C21H28N6O2S. The van der Waals surface area contributed by atoms with Crippen LogP contribution in [0.1, 0.15) is 18.4 Å². The molecule has 0 spiro atoms. The third-order valence-corrected chi connectivity index (χ3v) is 6.01. The van der Waals surface area contributed by atoms with E-state index in [4.69, 9.17) is 9.72 Å². The van der Waals surface area contributed by atoms with E-state index >= 15 is 0 Å². The van der Waals surface area contributed by atoms with Crippen molar-refractivity contribution < 1.29 is 9.53 Å². The molecule has 2 saturated heterocycles. The molecule has 2 N–H and O–H groups in total. The first-order valence-electron chi connectivity index (χ1n) is 10.3. The standard InChI is InChI=1S/C21H28N6O2S/c1-2-20(28)27-6-3-4-17(15-27)23-18-12-16(14-26-7-9-29-10-8-26)13-19(24-18)25-21-22-5-11-30-21/h2,5,11-13,17H,1,3-4,6-10,14-15H2,(H2,22,23,24,25). The van der Waals surface area contributed by atoms with Gasteiger partial charge in [-0.05, 0) is 36.6 Å². The van der Waals surface area contributed by atoms with Gasteiger partial charge in [-0.3, -0.25) is 9.69 Å². The van der Waals surface area contributed by atoms with Crippen LogP contribution in [0.3, 0.4) is 0 Å². The first-order chi connectivity index (χ1) is 14.7. The summed E-state index contributed by atoms with van der Waals surface area (Å²) in [5.74, 6) is 1.58. The van der Waals surface area contributed by atoms with Gasteiger partial charge in [0.15, 0.2) is 5.13 Å². The summed E-state index contributed by atoms with van der Waals surface area (Å²) in [6, 6.07) is 4.36. The highest BCUT2D eigenvalue weighted by Crippen LogP contribution is 2.23. The van der Waals surface area contributed by atoms with Crippen LogP contribution < -0.4 is 10.6 Å². The van der Waals surface area contributed by atoms with Gasteiger partial charge in [-0.25, -0.2) is 9.97 Å². The van der Waals surface area contributed by atoms with Gasteiger partial charge in [-0.1, -0.05) is 6.58 Å². The highest BCUT2D eigenvalue weighted by atomic mass is 32.1. The van der Waals surface area contributed by atoms with E-state index in [0.29, 0.717) is 6.54 Å². The second-order valence-corrected chi connectivity index (χ2v) is 8.46.